The molecule has 3 N–H and O–H groups in total. The Balaban J connectivity index is 1.79. The number of imide groups is 1. The second-order valence-electron chi connectivity index (χ2n) is 6.23. The molecular formula is C18H19N3O5. The molecule has 1 aromatic heterocycles. The van der Waals surface area contributed by atoms with Crippen LogP contribution in [0.15, 0.2) is 33.5 Å². The van der Waals surface area contributed by atoms with Gasteiger partial charge in [0, 0.05) is 23.6 Å². The lowest BCUT2D eigenvalue weighted by molar-refractivity contribution is -0.137. The molecule has 136 valence electrons. The fourth-order valence-electron chi connectivity index (χ4n) is 3.19. The molecule has 1 saturated heterocycles. The molecule has 0 radical (unpaired) electrons. The molecule has 1 aromatic carbocycles. The first-order valence-electron chi connectivity index (χ1n) is 8.30. The Hall–Kier alpha value is -3.00. The fourth-order valence-corrected chi connectivity index (χ4v) is 3.19. The van der Waals surface area contributed by atoms with Crippen LogP contribution in [0.2, 0.25) is 0 Å². The minimum atomic E-state index is -0.698. The van der Waals surface area contributed by atoms with Crippen molar-refractivity contribution in [2.75, 3.05) is 13.1 Å². The van der Waals surface area contributed by atoms with E-state index in [1.165, 1.54) is 17.0 Å². The van der Waals surface area contributed by atoms with E-state index >= 15 is 0 Å². The predicted octanol–water partition coefficient (Wildman–Crippen LogP) is 0.308. The van der Waals surface area contributed by atoms with Gasteiger partial charge in [-0.1, -0.05) is 6.07 Å². The molecule has 1 aliphatic heterocycles. The molecule has 3 amide bonds. The van der Waals surface area contributed by atoms with Crippen LogP contribution >= 0.6 is 0 Å². The largest absolute Gasteiger partial charge is 0.423 e. The quantitative estimate of drug-likeness (QED) is 0.602. The van der Waals surface area contributed by atoms with E-state index in [2.05, 4.69) is 5.32 Å². The number of likely N-dealkylation sites (tertiary alicyclic amines) is 1. The highest BCUT2D eigenvalue weighted by atomic mass is 16.4. The lowest BCUT2D eigenvalue weighted by Gasteiger charge is -2.23. The maximum atomic E-state index is 12.4. The van der Waals surface area contributed by atoms with E-state index in [9.17, 15) is 19.2 Å². The summed E-state index contributed by atoms with van der Waals surface area (Å²) in [6.07, 6.45) is 1.16. The second kappa shape index (κ2) is 7.09. The molecule has 2 aromatic rings. The van der Waals surface area contributed by atoms with Gasteiger partial charge in [-0.15, -0.1) is 0 Å². The van der Waals surface area contributed by atoms with Gasteiger partial charge in [0.1, 0.15) is 11.6 Å². The summed E-state index contributed by atoms with van der Waals surface area (Å²) in [4.78, 5) is 49.5. The number of rotatable bonds is 3. The number of amides is 3. The van der Waals surface area contributed by atoms with Crippen LogP contribution in [-0.2, 0) is 9.59 Å². The average Bonchev–Trinajstić information content (AvgIpc) is 3.10. The first-order chi connectivity index (χ1) is 12.4. The number of aryl methyl sites for hydroxylation is 1. The minimum Gasteiger partial charge on any atom is -0.423 e. The Bertz CT molecular complexity index is 949. The van der Waals surface area contributed by atoms with Crippen LogP contribution in [0, 0.1) is 6.92 Å². The molecule has 1 aliphatic rings. The lowest BCUT2D eigenvalue weighted by Crippen LogP contribution is -2.49. The number of carbonyl (C=O) groups is 3. The maximum absolute atomic E-state index is 12.4. The van der Waals surface area contributed by atoms with Crippen LogP contribution in [0.4, 0.5) is 0 Å². The predicted molar refractivity (Wildman–Crippen MR) is 93.5 cm³/mol. The van der Waals surface area contributed by atoms with Crippen molar-refractivity contribution in [2.24, 2.45) is 5.73 Å². The van der Waals surface area contributed by atoms with E-state index < -0.39 is 23.5 Å². The summed E-state index contributed by atoms with van der Waals surface area (Å²) in [6.45, 7) is 2.04. The van der Waals surface area contributed by atoms with Crippen LogP contribution in [0.25, 0.3) is 11.0 Å². The standard InChI is InChI=1S/C18H19N3O5/c1-10-7-16(23)26-14-8-11(4-5-12(10)14)17(24)20-18(25)13-3-2-6-21(13)15(22)9-19/h4-5,7-8,13H,2-3,6,9,19H2,1H3,(H,20,24,25)/t13-/m0/s1. The highest BCUT2D eigenvalue weighted by molar-refractivity contribution is 6.08. The van der Waals surface area contributed by atoms with E-state index in [1.54, 1.807) is 19.1 Å². The number of nitrogens with two attached hydrogens (primary N) is 1. The summed E-state index contributed by atoms with van der Waals surface area (Å²) in [5.74, 6) is -1.48. The zero-order chi connectivity index (χ0) is 18.8. The zero-order valence-corrected chi connectivity index (χ0v) is 14.3. The number of fused-ring (bicyclic) bond motifs is 1. The number of benzene rings is 1. The summed E-state index contributed by atoms with van der Waals surface area (Å²) >= 11 is 0. The average molecular weight is 357 g/mol. The first-order valence-corrected chi connectivity index (χ1v) is 8.30. The van der Waals surface area contributed by atoms with E-state index in [-0.39, 0.29) is 23.6 Å². The number of hydrogen-bond acceptors (Lipinski definition) is 6. The fraction of sp³-hybridized carbons (Fsp3) is 0.333. The Labute approximate surface area is 148 Å². The van der Waals surface area contributed by atoms with Crippen molar-refractivity contribution in [3.8, 4) is 0 Å². The van der Waals surface area contributed by atoms with Crippen LogP contribution in [0.3, 0.4) is 0 Å². The molecule has 0 unspecified atom stereocenters. The smallest absolute Gasteiger partial charge is 0.336 e. The van der Waals surface area contributed by atoms with Gasteiger partial charge < -0.3 is 15.1 Å². The van der Waals surface area contributed by atoms with Crippen LogP contribution in [0.5, 0.6) is 0 Å². The van der Waals surface area contributed by atoms with Crippen molar-refractivity contribution in [3.63, 3.8) is 0 Å². The van der Waals surface area contributed by atoms with Gasteiger partial charge in [0.25, 0.3) is 5.91 Å². The Morgan fingerprint density at radius 3 is 2.81 bits per heavy atom. The Morgan fingerprint density at radius 1 is 1.31 bits per heavy atom. The van der Waals surface area contributed by atoms with E-state index in [4.69, 9.17) is 10.2 Å². The lowest BCUT2D eigenvalue weighted by atomic mass is 10.1. The Morgan fingerprint density at radius 2 is 2.08 bits per heavy atom. The Kier molecular flexibility index (Phi) is 4.85. The van der Waals surface area contributed by atoms with Gasteiger partial charge in [-0.05, 0) is 37.5 Å². The van der Waals surface area contributed by atoms with Gasteiger partial charge in [0.2, 0.25) is 11.8 Å². The van der Waals surface area contributed by atoms with Crippen molar-refractivity contribution < 1.29 is 18.8 Å². The summed E-state index contributed by atoms with van der Waals surface area (Å²) in [7, 11) is 0. The van der Waals surface area contributed by atoms with E-state index in [0.717, 1.165) is 5.56 Å². The van der Waals surface area contributed by atoms with Crippen molar-refractivity contribution >= 4 is 28.7 Å². The summed E-state index contributed by atoms with van der Waals surface area (Å²) in [5.41, 5.74) is 6.05. The van der Waals surface area contributed by atoms with Crippen molar-refractivity contribution in [3.05, 3.63) is 45.8 Å². The number of carbonyl (C=O) groups excluding carboxylic acids is 3. The topological polar surface area (TPSA) is 123 Å². The summed E-state index contributed by atoms with van der Waals surface area (Å²) in [5, 5.41) is 3.02. The molecule has 0 saturated carbocycles. The molecular weight excluding hydrogens is 338 g/mol. The molecule has 0 bridgehead atoms. The highest BCUT2D eigenvalue weighted by Gasteiger charge is 2.34. The minimum absolute atomic E-state index is 0.180. The third kappa shape index (κ3) is 3.36. The van der Waals surface area contributed by atoms with Crippen LogP contribution < -0.4 is 16.7 Å². The number of nitrogens with one attached hydrogen (secondary N) is 1. The molecule has 2 heterocycles. The van der Waals surface area contributed by atoms with Crippen molar-refractivity contribution in [1.82, 2.24) is 10.2 Å². The molecule has 8 nitrogen and oxygen atoms in total. The molecule has 1 atom stereocenters. The highest BCUT2D eigenvalue weighted by Crippen LogP contribution is 2.19. The molecule has 3 rings (SSSR count). The molecule has 0 aliphatic carbocycles. The second-order valence-corrected chi connectivity index (χ2v) is 6.23. The molecule has 0 spiro atoms. The van der Waals surface area contributed by atoms with Gasteiger partial charge in [-0.3, -0.25) is 19.7 Å². The normalized spacial score (nSPS) is 16.7. The van der Waals surface area contributed by atoms with Crippen LogP contribution in [0.1, 0.15) is 28.8 Å². The molecule has 8 heteroatoms. The van der Waals surface area contributed by atoms with Gasteiger partial charge in [0.15, 0.2) is 0 Å². The number of hydrogen-bond donors (Lipinski definition) is 2. The first kappa shape index (κ1) is 17.8. The van der Waals surface area contributed by atoms with Gasteiger partial charge in [-0.2, -0.15) is 0 Å². The zero-order valence-electron chi connectivity index (χ0n) is 14.3. The van der Waals surface area contributed by atoms with Gasteiger partial charge >= 0.3 is 5.63 Å². The third-order valence-electron chi connectivity index (χ3n) is 4.50. The SMILES string of the molecule is Cc1cc(=O)oc2cc(C(=O)NC(=O)[C@@H]3CCCN3C(=O)CN)ccc12. The monoisotopic (exact) mass is 357 g/mol. The molecule has 26 heavy (non-hydrogen) atoms. The van der Waals surface area contributed by atoms with E-state index in [0.29, 0.717) is 24.8 Å². The third-order valence-corrected chi connectivity index (χ3v) is 4.50. The molecule has 1 fully saturated rings. The maximum Gasteiger partial charge on any atom is 0.336 e. The van der Waals surface area contributed by atoms with Gasteiger partial charge in [-0.25, -0.2) is 4.79 Å². The van der Waals surface area contributed by atoms with Crippen LogP contribution in [-0.4, -0.2) is 41.8 Å². The van der Waals surface area contributed by atoms with E-state index in [1.807, 2.05) is 0 Å². The van der Waals surface area contributed by atoms with Crippen molar-refractivity contribution in [1.29, 1.82) is 0 Å². The van der Waals surface area contributed by atoms with Crippen molar-refractivity contribution in [2.45, 2.75) is 25.8 Å². The van der Waals surface area contributed by atoms with Gasteiger partial charge in [0.05, 0.1) is 6.54 Å². The number of nitrogens with zero attached hydrogens (tertiary/aromatic N) is 1. The summed E-state index contributed by atoms with van der Waals surface area (Å²) < 4.78 is 5.11. The summed E-state index contributed by atoms with van der Waals surface area (Å²) in [6, 6.07) is 5.30.